The van der Waals surface area contributed by atoms with Gasteiger partial charge in [0.15, 0.2) is 0 Å². The summed E-state index contributed by atoms with van der Waals surface area (Å²) in [5, 5.41) is 1.17. The second-order valence-corrected chi connectivity index (χ2v) is 30.0. The van der Waals surface area contributed by atoms with Crippen molar-refractivity contribution in [3.05, 3.63) is 228 Å². The molecular weight excluding hydrogens is 1030 g/mol. The zero-order valence-electron chi connectivity index (χ0n) is 52.6. The van der Waals surface area contributed by atoms with Crippen LogP contribution in [0.1, 0.15) is 156 Å². The maximum absolute atomic E-state index is 7.82. The number of nitrogens with zero attached hydrogens (tertiary/aromatic N) is 3. The lowest BCUT2D eigenvalue weighted by Crippen LogP contribution is -2.61. The lowest BCUT2D eigenvalue weighted by molar-refractivity contribution is 0.332. The van der Waals surface area contributed by atoms with Crippen LogP contribution in [0.15, 0.2) is 199 Å². The smallest absolute Gasteiger partial charge is 0.297 e. The lowest BCUT2D eigenvalue weighted by atomic mass is 9.35. The fraction of sp³-hybridized carbons (Fsp3) is 0.300. The topological polar surface area (TPSA) is 22.9 Å². The van der Waals surface area contributed by atoms with Crippen LogP contribution in [0, 0.1) is 0 Å². The van der Waals surface area contributed by atoms with Crippen LogP contribution in [0.25, 0.3) is 33.2 Å². The lowest BCUT2D eigenvalue weighted by Gasteiger charge is -2.45. The Morgan fingerprint density at radius 3 is 1.44 bits per heavy atom. The number of fused-ring (bicyclic) bond motifs is 8. The van der Waals surface area contributed by atoms with E-state index in [9.17, 15) is 0 Å². The van der Waals surface area contributed by atoms with E-state index >= 15 is 0 Å². The van der Waals surface area contributed by atoms with Crippen molar-refractivity contribution in [2.24, 2.45) is 0 Å². The minimum atomic E-state index is -0.247. The van der Waals surface area contributed by atoms with Gasteiger partial charge in [-0.1, -0.05) is 212 Å². The molecule has 0 unspecified atom stereocenters. The van der Waals surface area contributed by atoms with Crippen LogP contribution in [0.5, 0.6) is 0 Å². The quantitative estimate of drug-likeness (QED) is 0.148. The number of furan rings is 1. The largest absolute Gasteiger partial charge is 0.468 e. The highest BCUT2D eigenvalue weighted by Gasteiger charge is 2.49. The normalized spacial score (nSPS) is 16.9. The maximum Gasteiger partial charge on any atom is 0.297 e. The Balaban J connectivity index is 1.14. The van der Waals surface area contributed by atoms with Gasteiger partial charge in [-0.05, 0) is 204 Å². The number of hydrogen-bond acceptors (Lipinski definition) is 4. The van der Waals surface area contributed by atoms with E-state index in [1.165, 1.54) is 71.9 Å². The van der Waals surface area contributed by atoms with Gasteiger partial charge in [-0.3, -0.25) is 0 Å². The van der Waals surface area contributed by atoms with Crippen LogP contribution in [0.2, 0.25) is 0 Å². The van der Waals surface area contributed by atoms with Gasteiger partial charge in [0, 0.05) is 45.2 Å². The summed E-state index contributed by atoms with van der Waals surface area (Å²) in [6, 6.07) is 74.4. The van der Waals surface area contributed by atoms with Gasteiger partial charge < -0.3 is 19.1 Å². The van der Waals surface area contributed by atoms with Crippen LogP contribution in [-0.4, -0.2) is 6.71 Å². The van der Waals surface area contributed by atoms with E-state index in [2.05, 4.69) is 306 Å². The second kappa shape index (κ2) is 19.2. The zero-order chi connectivity index (χ0) is 59.3. The van der Waals surface area contributed by atoms with Gasteiger partial charge in [-0.15, -0.1) is 0 Å². The van der Waals surface area contributed by atoms with Gasteiger partial charge in [0.05, 0.1) is 17.0 Å². The summed E-state index contributed by atoms with van der Waals surface area (Å²) in [5.41, 5.74) is 27.5. The molecule has 3 heterocycles. The van der Waals surface area contributed by atoms with E-state index in [0.29, 0.717) is 0 Å². The van der Waals surface area contributed by atoms with E-state index in [-0.39, 0.29) is 39.2 Å². The molecular formula is C80H82BN3O. The molecule has 9 aromatic carbocycles. The molecule has 2 aliphatic carbocycles. The third-order valence-electron chi connectivity index (χ3n) is 20.3. The average Bonchev–Trinajstić information content (AvgIpc) is 1.70. The van der Waals surface area contributed by atoms with E-state index in [1.54, 1.807) is 0 Å². The summed E-state index contributed by atoms with van der Waals surface area (Å²) >= 11 is 0. The molecule has 0 radical (unpaired) electrons. The van der Waals surface area contributed by atoms with Crippen molar-refractivity contribution < 1.29 is 4.42 Å². The third kappa shape index (κ3) is 9.08. The van der Waals surface area contributed by atoms with Crippen LogP contribution in [0.3, 0.4) is 0 Å². The Bertz CT molecular complexity index is 4210. The molecule has 0 bridgehead atoms. The first-order valence-electron chi connectivity index (χ1n) is 31.3. The number of benzene rings is 9. The minimum Gasteiger partial charge on any atom is -0.468 e. The Kier molecular flexibility index (Phi) is 12.4. The zero-order valence-corrected chi connectivity index (χ0v) is 52.6. The monoisotopic (exact) mass is 1110 g/mol. The Morgan fingerprint density at radius 2 is 0.882 bits per heavy atom. The second-order valence-electron chi connectivity index (χ2n) is 30.0. The molecule has 4 aliphatic rings. The summed E-state index contributed by atoms with van der Waals surface area (Å²) < 4.78 is 7.82. The van der Waals surface area contributed by atoms with Gasteiger partial charge in [-0.2, -0.15) is 0 Å². The summed E-state index contributed by atoms with van der Waals surface area (Å²) in [7, 11) is 0. The van der Waals surface area contributed by atoms with Crippen molar-refractivity contribution in [1.29, 1.82) is 0 Å². The van der Waals surface area contributed by atoms with Gasteiger partial charge in [0.25, 0.3) is 6.71 Å². The molecule has 1 aromatic heterocycles. The summed E-state index contributed by atoms with van der Waals surface area (Å²) in [5.74, 6) is 0. The van der Waals surface area contributed by atoms with Crippen LogP contribution in [-0.2, 0) is 32.5 Å². The molecule has 0 N–H and O–H groups in total. The first kappa shape index (κ1) is 54.9. The number of rotatable bonds is 7. The summed E-state index contributed by atoms with van der Waals surface area (Å²) in [6.45, 7) is 33.2. The third-order valence-corrected chi connectivity index (χ3v) is 20.3. The van der Waals surface area contributed by atoms with Crippen molar-refractivity contribution in [3.8, 4) is 22.3 Å². The molecule has 2 aliphatic heterocycles. The molecule has 5 heteroatoms. The van der Waals surface area contributed by atoms with Crippen LogP contribution >= 0.6 is 0 Å². The van der Waals surface area contributed by atoms with Gasteiger partial charge in [0.2, 0.25) is 0 Å². The Morgan fingerprint density at radius 1 is 0.400 bits per heavy atom. The van der Waals surface area contributed by atoms with Crippen LogP contribution in [0.4, 0.5) is 51.2 Å². The van der Waals surface area contributed by atoms with E-state index < -0.39 is 0 Å². The standard InChI is InChI=1S/C80H82BN3O/c1-75(2,3)55-29-33-57(34-30-55)82(58-35-31-56(32-36-58)76(4,5)6)61-47-69-72-70(48-61)84(60-37-38-63-64(46-60)78(9,10)41-40-77(63,7)8)73-62-49-65-66(80(13,14)43-42-79(65,11)12)50-71(62)85-74(73)81(72)67-39-28-54(52-24-19-16-20-25-52)45-68(67)83(69)59-27-21-26-53(44-59)51-22-17-15-18-23-51/h15-39,44-50H,40-43H2,1-14H3. The first-order valence-corrected chi connectivity index (χ1v) is 31.3. The molecule has 0 saturated carbocycles. The van der Waals surface area contributed by atoms with Crippen molar-refractivity contribution in [2.45, 2.75) is 155 Å². The van der Waals surface area contributed by atoms with Crippen molar-refractivity contribution in [3.63, 3.8) is 0 Å². The predicted octanol–water partition coefficient (Wildman–Crippen LogP) is 20.6. The maximum atomic E-state index is 7.82. The highest BCUT2D eigenvalue weighted by Crippen LogP contribution is 2.55. The molecule has 0 fully saturated rings. The van der Waals surface area contributed by atoms with Crippen molar-refractivity contribution in [2.75, 3.05) is 14.7 Å². The van der Waals surface area contributed by atoms with Gasteiger partial charge >= 0.3 is 0 Å². The molecule has 10 aromatic rings. The van der Waals surface area contributed by atoms with E-state index in [0.717, 1.165) is 88.1 Å². The SMILES string of the molecule is CC(C)(C)c1ccc(N(c2ccc(C(C)(C)C)cc2)c2cc3c4c(c2)N(c2ccc5c(c2)C(C)(C)CCC5(C)C)c2c(oc5cc6c(cc25)C(C)(C)CCC6(C)C)B4c2ccc(-c4ccccc4)cc2N3c2cccc(-c3ccccc3)c2)cc1. The minimum absolute atomic E-state index is 0.00632. The van der Waals surface area contributed by atoms with E-state index in [4.69, 9.17) is 4.42 Å². The first-order chi connectivity index (χ1) is 40.4. The predicted molar refractivity (Wildman–Crippen MR) is 364 cm³/mol. The molecule has 14 rings (SSSR count). The summed E-state index contributed by atoms with van der Waals surface area (Å²) in [6.07, 6.45) is 4.52. The fourth-order valence-electron chi connectivity index (χ4n) is 14.8. The number of anilines is 9. The Hall–Kier alpha value is -8.02. The molecule has 4 nitrogen and oxygen atoms in total. The van der Waals surface area contributed by atoms with Gasteiger partial charge in [-0.25, -0.2) is 0 Å². The average molecular weight is 1110 g/mol. The van der Waals surface area contributed by atoms with E-state index in [1.807, 2.05) is 0 Å². The van der Waals surface area contributed by atoms with Crippen molar-refractivity contribution in [1.82, 2.24) is 0 Å². The fourth-order valence-corrected chi connectivity index (χ4v) is 14.8. The highest BCUT2D eigenvalue weighted by molar-refractivity contribution is 7.00. The van der Waals surface area contributed by atoms with Gasteiger partial charge in [0.1, 0.15) is 5.58 Å². The molecule has 0 saturated heterocycles. The molecule has 426 valence electrons. The molecule has 0 amide bonds. The molecule has 0 atom stereocenters. The number of hydrogen-bond donors (Lipinski definition) is 0. The summed E-state index contributed by atoms with van der Waals surface area (Å²) in [4.78, 5) is 7.75. The highest BCUT2D eigenvalue weighted by atomic mass is 16.3. The van der Waals surface area contributed by atoms with Crippen LogP contribution < -0.4 is 31.3 Å². The Labute approximate surface area is 506 Å². The molecule has 0 spiro atoms. The molecule has 85 heavy (non-hydrogen) atoms. The van der Waals surface area contributed by atoms with Crippen molar-refractivity contribution >= 4 is 85.5 Å².